The van der Waals surface area contributed by atoms with Crippen molar-refractivity contribution in [2.45, 2.75) is 13.3 Å². The molecule has 7 nitrogen and oxygen atoms in total. The highest BCUT2D eigenvalue weighted by Crippen LogP contribution is 2.19. The largest absolute Gasteiger partial charge is 0.286 e. The molecule has 0 fully saturated rings. The summed E-state index contributed by atoms with van der Waals surface area (Å²) in [5.74, 6) is 0.420. The fourth-order valence-electron chi connectivity index (χ4n) is 1.61. The smallest absolute Gasteiger partial charge is 0.266 e. The van der Waals surface area contributed by atoms with Gasteiger partial charge in [-0.2, -0.15) is 5.10 Å². The summed E-state index contributed by atoms with van der Waals surface area (Å²) in [6, 6.07) is 6.27. The lowest BCUT2D eigenvalue weighted by Gasteiger charge is -2.02. The van der Waals surface area contributed by atoms with Gasteiger partial charge in [0, 0.05) is 18.1 Å². The van der Waals surface area contributed by atoms with E-state index < -0.39 is 10.5 Å². The standard InChI is InChI=1S/C11H10N4O3/c1-7-12-9(11(16)14-13-7)6-8-4-2-3-5-10(8)15(17)18/h2-5H,6H2,1H3,(H,14,16). The summed E-state index contributed by atoms with van der Waals surface area (Å²) in [6.07, 6.45) is 0.107. The number of nitrogens with zero attached hydrogens (tertiary/aromatic N) is 3. The van der Waals surface area contributed by atoms with Crippen LogP contribution >= 0.6 is 0 Å². The number of H-pyrrole nitrogens is 1. The zero-order chi connectivity index (χ0) is 13.1. The van der Waals surface area contributed by atoms with Gasteiger partial charge in [-0.1, -0.05) is 18.2 Å². The van der Waals surface area contributed by atoms with Crippen molar-refractivity contribution in [2.24, 2.45) is 0 Å². The highest BCUT2D eigenvalue weighted by atomic mass is 16.6. The molecule has 0 radical (unpaired) electrons. The summed E-state index contributed by atoms with van der Waals surface area (Å²) in [5.41, 5.74) is 0.217. The minimum atomic E-state index is -0.475. The van der Waals surface area contributed by atoms with Gasteiger partial charge in [-0.05, 0) is 6.92 Å². The van der Waals surface area contributed by atoms with Crippen molar-refractivity contribution < 1.29 is 4.92 Å². The van der Waals surface area contributed by atoms with Crippen molar-refractivity contribution in [1.82, 2.24) is 15.2 Å². The van der Waals surface area contributed by atoms with Crippen molar-refractivity contribution >= 4 is 5.69 Å². The van der Waals surface area contributed by atoms with Crippen molar-refractivity contribution in [3.63, 3.8) is 0 Å². The van der Waals surface area contributed by atoms with Gasteiger partial charge < -0.3 is 0 Å². The molecule has 0 unspecified atom stereocenters. The summed E-state index contributed by atoms with van der Waals surface area (Å²) < 4.78 is 0. The maximum absolute atomic E-state index is 11.5. The van der Waals surface area contributed by atoms with Gasteiger partial charge >= 0.3 is 0 Å². The average Bonchev–Trinajstić information content (AvgIpc) is 2.34. The first-order chi connectivity index (χ1) is 8.58. The second kappa shape index (κ2) is 4.74. The van der Waals surface area contributed by atoms with Gasteiger partial charge in [0.25, 0.3) is 11.2 Å². The van der Waals surface area contributed by atoms with Gasteiger partial charge in [0.05, 0.1) is 4.92 Å². The van der Waals surface area contributed by atoms with Crippen LogP contribution in [0.5, 0.6) is 0 Å². The van der Waals surface area contributed by atoms with Crippen LogP contribution in [-0.4, -0.2) is 20.1 Å². The Bertz CT molecular complexity index is 651. The number of nitro groups is 1. The fraction of sp³-hybridized carbons (Fsp3) is 0.182. The second-order valence-electron chi connectivity index (χ2n) is 3.72. The van der Waals surface area contributed by atoms with Gasteiger partial charge in [-0.25, -0.2) is 10.1 Å². The Balaban J connectivity index is 2.43. The Kier molecular flexibility index (Phi) is 3.13. The molecular formula is C11H10N4O3. The average molecular weight is 246 g/mol. The van der Waals surface area contributed by atoms with E-state index in [-0.39, 0.29) is 17.8 Å². The van der Waals surface area contributed by atoms with Crippen LogP contribution in [0.25, 0.3) is 0 Å². The van der Waals surface area contributed by atoms with Crippen LogP contribution in [-0.2, 0) is 6.42 Å². The molecule has 0 aliphatic rings. The minimum absolute atomic E-state index is 0.0202. The van der Waals surface area contributed by atoms with Crippen molar-refractivity contribution in [2.75, 3.05) is 0 Å². The molecule has 7 heteroatoms. The molecule has 18 heavy (non-hydrogen) atoms. The number of hydrogen-bond acceptors (Lipinski definition) is 5. The van der Waals surface area contributed by atoms with E-state index in [0.717, 1.165) is 0 Å². The van der Waals surface area contributed by atoms with E-state index in [1.165, 1.54) is 6.07 Å². The van der Waals surface area contributed by atoms with Crippen molar-refractivity contribution in [3.05, 3.63) is 61.8 Å². The first kappa shape index (κ1) is 11.9. The van der Waals surface area contributed by atoms with Gasteiger partial charge in [-0.3, -0.25) is 14.9 Å². The van der Waals surface area contributed by atoms with E-state index in [9.17, 15) is 14.9 Å². The Morgan fingerprint density at radius 1 is 1.39 bits per heavy atom. The first-order valence-corrected chi connectivity index (χ1v) is 5.22. The lowest BCUT2D eigenvalue weighted by atomic mass is 10.1. The molecule has 1 N–H and O–H groups in total. The number of para-hydroxylation sites is 1. The molecule has 1 aromatic carbocycles. The summed E-state index contributed by atoms with van der Waals surface area (Å²) >= 11 is 0. The van der Waals surface area contributed by atoms with Crippen molar-refractivity contribution in [1.29, 1.82) is 0 Å². The third-order valence-electron chi connectivity index (χ3n) is 2.42. The van der Waals surface area contributed by atoms with Crippen LogP contribution in [0.3, 0.4) is 0 Å². The Hall–Kier alpha value is -2.57. The van der Waals surface area contributed by atoms with E-state index in [2.05, 4.69) is 15.2 Å². The minimum Gasteiger partial charge on any atom is -0.266 e. The molecule has 0 aliphatic carbocycles. The van der Waals surface area contributed by atoms with Crippen LogP contribution in [0.2, 0.25) is 0 Å². The van der Waals surface area contributed by atoms with Crippen molar-refractivity contribution in [3.8, 4) is 0 Å². The summed E-state index contributed by atoms with van der Waals surface area (Å²) in [4.78, 5) is 25.9. The maximum Gasteiger partial charge on any atom is 0.286 e. The number of benzene rings is 1. The number of aromatic nitrogens is 3. The molecule has 92 valence electrons. The van der Waals surface area contributed by atoms with E-state index in [1.54, 1.807) is 25.1 Å². The third kappa shape index (κ3) is 2.40. The molecule has 0 bridgehead atoms. The molecule has 0 spiro atoms. The maximum atomic E-state index is 11.5. The molecule has 0 aliphatic heterocycles. The third-order valence-corrected chi connectivity index (χ3v) is 2.42. The number of aryl methyl sites for hydroxylation is 1. The van der Waals surface area contributed by atoms with Crippen LogP contribution in [0.15, 0.2) is 29.1 Å². The quantitative estimate of drug-likeness (QED) is 0.642. The van der Waals surface area contributed by atoms with Crippen LogP contribution in [0.4, 0.5) is 5.69 Å². The lowest BCUT2D eigenvalue weighted by molar-refractivity contribution is -0.385. The molecule has 2 aromatic rings. The molecule has 1 aromatic heterocycles. The highest BCUT2D eigenvalue weighted by Gasteiger charge is 2.15. The van der Waals surface area contributed by atoms with E-state index in [1.807, 2.05) is 0 Å². The van der Waals surface area contributed by atoms with Crippen LogP contribution in [0, 0.1) is 17.0 Å². The molecule has 1 heterocycles. The zero-order valence-corrected chi connectivity index (χ0v) is 9.58. The van der Waals surface area contributed by atoms with E-state index in [4.69, 9.17) is 0 Å². The van der Waals surface area contributed by atoms with E-state index in [0.29, 0.717) is 11.4 Å². The molecule has 2 rings (SSSR count). The molecule has 0 amide bonds. The summed E-state index contributed by atoms with van der Waals surface area (Å²) in [7, 11) is 0. The topological polar surface area (TPSA) is 102 Å². The monoisotopic (exact) mass is 246 g/mol. The molecular weight excluding hydrogens is 236 g/mol. The Morgan fingerprint density at radius 3 is 2.83 bits per heavy atom. The SMILES string of the molecule is Cc1n[nH]c(=O)c(Cc2ccccc2[N+](=O)[O-])n1. The van der Waals surface area contributed by atoms with Gasteiger partial charge in [0.2, 0.25) is 0 Å². The first-order valence-electron chi connectivity index (χ1n) is 5.22. The number of rotatable bonds is 3. The van der Waals surface area contributed by atoms with Crippen LogP contribution < -0.4 is 5.56 Å². The number of hydrogen-bond donors (Lipinski definition) is 1. The predicted octanol–water partition coefficient (Wildman–Crippen LogP) is 0.972. The number of nitrogens with one attached hydrogen (secondary N) is 1. The van der Waals surface area contributed by atoms with Crippen LogP contribution in [0.1, 0.15) is 17.1 Å². The number of aromatic amines is 1. The van der Waals surface area contributed by atoms with Gasteiger partial charge in [-0.15, -0.1) is 0 Å². The lowest BCUT2D eigenvalue weighted by Crippen LogP contribution is -2.18. The predicted molar refractivity (Wildman–Crippen MR) is 63.3 cm³/mol. The zero-order valence-electron chi connectivity index (χ0n) is 9.58. The second-order valence-corrected chi connectivity index (χ2v) is 3.72. The molecule has 0 atom stereocenters. The highest BCUT2D eigenvalue weighted by molar-refractivity contribution is 5.41. The van der Waals surface area contributed by atoms with E-state index >= 15 is 0 Å². The van der Waals surface area contributed by atoms with Gasteiger partial charge in [0.15, 0.2) is 0 Å². The fourth-order valence-corrected chi connectivity index (χ4v) is 1.61. The normalized spacial score (nSPS) is 10.3. The number of nitro benzene ring substituents is 1. The summed E-state index contributed by atoms with van der Waals surface area (Å²) in [5, 5.41) is 16.8. The van der Waals surface area contributed by atoms with Gasteiger partial charge in [0.1, 0.15) is 11.5 Å². The Morgan fingerprint density at radius 2 is 2.11 bits per heavy atom. The Labute approximate surface area is 102 Å². The summed E-state index contributed by atoms with van der Waals surface area (Å²) in [6.45, 7) is 1.64. The molecule has 0 saturated carbocycles. The molecule has 0 saturated heterocycles.